The minimum Gasteiger partial charge on any atom is -0.493 e. The van der Waals surface area contributed by atoms with E-state index in [4.69, 9.17) is 10.5 Å². The third-order valence-corrected chi connectivity index (χ3v) is 3.56. The Labute approximate surface area is 112 Å². The van der Waals surface area contributed by atoms with Crippen molar-refractivity contribution in [1.82, 2.24) is 0 Å². The van der Waals surface area contributed by atoms with Crippen LogP contribution in [0.3, 0.4) is 0 Å². The number of rotatable bonds is 8. The van der Waals surface area contributed by atoms with Gasteiger partial charge in [0.25, 0.3) is 0 Å². The van der Waals surface area contributed by atoms with E-state index in [0.29, 0.717) is 5.92 Å². The van der Waals surface area contributed by atoms with Crippen LogP contribution in [0.15, 0.2) is 24.3 Å². The average Bonchev–Trinajstić information content (AvgIpc) is 2.40. The van der Waals surface area contributed by atoms with Crippen LogP contribution in [0, 0.1) is 5.92 Å². The summed E-state index contributed by atoms with van der Waals surface area (Å²) in [5.41, 5.74) is 7.25. The summed E-state index contributed by atoms with van der Waals surface area (Å²) in [6, 6.07) is 8.58. The van der Waals surface area contributed by atoms with Gasteiger partial charge in [0.2, 0.25) is 0 Å². The first-order chi connectivity index (χ1) is 8.69. The fourth-order valence-electron chi connectivity index (χ4n) is 1.95. The first-order valence-corrected chi connectivity index (χ1v) is 7.16. The van der Waals surface area contributed by atoms with Crippen molar-refractivity contribution in [3.8, 4) is 5.75 Å². The number of hydrogen-bond acceptors (Lipinski definition) is 2. The fraction of sp³-hybridized carbons (Fsp3) is 0.625. The second-order valence-corrected chi connectivity index (χ2v) is 5.01. The monoisotopic (exact) mass is 249 g/mol. The summed E-state index contributed by atoms with van der Waals surface area (Å²) < 4.78 is 5.86. The Balaban J connectivity index is 2.53. The van der Waals surface area contributed by atoms with Crippen LogP contribution >= 0.6 is 0 Å². The summed E-state index contributed by atoms with van der Waals surface area (Å²) >= 11 is 0. The van der Waals surface area contributed by atoms with Gasteiger partial charge in [-0.05, 0) is 36.5 Å². The molecular formula is C16H27NO. The second kappa shape index (κ2) is 8.15. The molecule has 2 nitrogen and oxygen atoms in total. The number of nitrogens with two attached hydrogens (primary N) is 1. The van der Waals surface area contributed by atoms with Crippen LogP contribution in [-0.2, 0) is 6.42 Å². The Kier molecular flexibility index (Phi) is 6.81. The Morgan fingerprint density at radius 3 is 2.44 bits per heavy atom. The molecule has 1 atom stereocenters. The summed E-state index contributed by atoms with van der Waals surface area (Å²) in [6.45, 7) is 7.37. The van der Waals surface area contributed by atoms with E-state index in [-0.39, 0.29) is 6.04 Å². The van der Waals surface area contributed by atoms with Gasteiger partial charge >= 0.3 is 0 Å². The van der Waals surface area contributed by atoms with Crippen LogP contribution in [0.4, 0.5) is 0 Å². The van der Waals surface area contributed by atoms with E-state index >= 15 is 0 Å². The van der Waals surface area contributed by atoms with Gasteiger partial charge in [0.15, 0.2) is 0 Å². The highest BCUT2D eigenvalue weighted by molar-refractivity contribution is 5.29. The van der Waals surface area contributed by atoms with Gasteiger partial charge in [-0.2, -0.15) is 0 Å². The van der Waals surface area contributed by atoms with E-state index in [1.54, 1.807) is 0 Å². The van der Waals surface area contributed by atoms with Crippen LogP contribution in [-0.4, -0.2) is 12.6 Å². The predicted molar refractivity (Wildman–Crippen MR) is 78.0 cm³/mol. The van der Waals surface area contributed by atoms with Gasteiger partial charge in [-0.3, -0.25) is 0 Å². The average molecular weight is 249 g/mol. The molecule has 0 aromatic heterocycles. The molecule has 1 unspecified atom stereocenters. The molecule has 0 aliphatic carbocycles. The molecule has 0 saturated heterocycles. The van der Waals surface area contributed by atoms with E-state index in [1.165, 1.54) is 18.4 Å². The van der Waals surface area contributed by atoms with Crippen molar-refractivity contribution in [2.45, 2.75) is 52.5 Å². The molecule has 0 spiro atoms. The third kappa shape index (κ3) is 5.09. The number of benzene rings is 1. The fourth-order valence-corrected chi connectivity index (χ4v) is 1.95. The Bertz CT molecular complexity index is 334. The lowest BCUT2D eigenvalue weighted by Crippen LogP contribution is -2.21. The molecule has 0 fully saturated rings. The summed E-state index contributed by atoms with van der Waals surface area (Å²) in [5.74, 6) is 1.63. The normalized spacial score (nSPS) is 12.7. The molecule has 1 rings (SSSR count). The SMILES string of the molecule is CCC(N)Cc1cccc(OCC(CC)CC)c1. The Morgan fingerprint density at radius 1 is 1.11 bits per heavy atom. The zero-order valence-electron chi connectivity index (χ0n) is 12.0. The van der Waals surface area contributed by atoms with Gasteiger partial charge in [0.1, 0.15) is 5.75 Å². The van der Waals surface area contributed by atoms with E-state index in [9.17, 15) is 0 Å². The number of hydrogen-bond donors (Lipinski definition) is 1. The lowest BCUT2D eigenvalue weighted by molar-refractivity contribution is 0.240. The van der Waals surface area contributed by atoms with E-state index in [0.717, 1.165) is 25.2 Å². The quantitative estimate of drug-likeness (QED) is 0.761. The summed E-state index contributed by atoms with van der Waals surface area (Å²) in [5, 5.41) is 0. The first-order valence-electron chi connectivity index (χ1n) is 7.16. The molecule has 0 aliphatic heterocycles. The van der Waals surface area contributed by atoms with Gasteiger partial charge in [-0.1, -0.05) is 45.7 Å². The van der Waals surface area contributed by atoms with Crippen molar-refractivity contribution < 1.29 is 4.74 Å². The molecule has 18 heavy (non-hydrogen) atoms. The standard InChI is InChI=1S/C16H27NO/c1-4-13(5-2)12-18-16-9-7-8-14(11-16)10-15(17)6-3/h7-9,11,13,15H,4-6,10,12,17H2,1-3H3. The maximum Gasteiger partial charge on any atom is 0.119 e. The topological polar surface area (TPSA) is 35.2 Å². The molecule has 0 radical (unpaired) electrons. The van der Waals surface area contributed by atoms with Gasteiger partial charge in [-0.25, -0.2) is 0 Å². The minimum atomic E-state index is 0.249. The van der Waals surface area contributed by atoms with Gasteiger partial charge in [0.05, 0.1) is 6.61 Å². The molecular weight excluding hydrogens is 222 g/mol. The zero-order chi connectivity index (χ0) is 13.4. The molecule has 1 aromatic carbocycles. The summed E-state index contributed by atoms with van der Waals surface area (Å²) in [7, 11) is 0. The van der Waals surface area contributed by atoms with Crippen molar-refractivity contribution in [2.24, 2.45) is 11.7 Å². The Morgan fingerprint density at radius 2 is 1.83 bits per heavy atom. The van der Waals surface area contributed by atoms with Crippen LogP contribution in [0.25, 0.3) is 0 Å². The van der Waals surface area contributed by atoms with Crippen molar-refractivity contribution >= 4 is 0 Å². The maximum absolute atomic E-state index is 5.98. The first kappa shape index (κ1) is 15.0. The predicted octanol–water partition coefficient (Wildman–Crippen LogP) is 3.78. The molecule has 0 saturated carbocycles. The minimum absolute atomic E-state index is 0.249. The second-order valence-electron chi connectivity index (χ2n) is 5.01. The molecule has 1 aromatic rings. The molecule has 0 amide bonds. The maximum atomic E-state index is 5.98. The van der Waals surface area contributed by atoms with Crippen LogP contribution in [0.1, 0.15) is 45.6 Å². The summed E-state index contributed by atoms with van der Waals surface area (Å²) in [4.78, 5) is 0. The lowest BCUT2D eigenvalue weighted by atomic mass is 10.0. The van der Waals surface area contributed by atoms with Gasteiger partial charge in [0, 0.05) is 6.04 Å². The van der Waals surface area contributed by atoms with Crippen LogP contribution in [0.5, 0.6) is 5.75 Å². The van der Waals surface area contributed by atoms with Crippen LogP contribution < -0.4 is 10.5 Å². The summed E-state index contributed by atoms with van der Waals surface area (Å²) in [6.07, 6.45) is 4.30. The van der Waals surface area contributed by atoms with Crippen molar-refractivity contribution in [3.05, 3.63) is 29.8 Å². The molecule has 102 valence electrons. The van der Waals surface area contributed by atoms with Gasteiger partial charge < -0.3 is 10.5 Å². The third-order valence-electron chi connectivity index (χ3n) is 3.56. The largest absolute Gasteiger partial charge is 0.493 e. The highest BCUT2D eigenvalue weighted by Crippen LogP contribution is 2.17. The zero-order valence-corrected chi connectivity index (χ0v) is 12.0. The highest BCUT2D eigenvalue weighted by atomic mass is 16.5. The number of ether oxygens (including phenoxy) is 1. The molecule has 0 aliphatic rings. The molecule has 0 bridgehead atoms. The van der Waals surface area contributed by atoms with E-state index in [2.05, 4.69) is 39.0 Å². The van der Waals surface area contributed by atoms with E-state index in [1.807, 2.05) is 6.07 Å². The Hall–Kier alpha value is -1.02. The van der Waals surface area contributed by atoms with Crippen molar-refractivity contribution in [2.75, 3.05) is 6.61 Å². The molecule has 0 heterocycles. The lowest BCUT2D eigenvalue weighted by Gasteiger charge is -2.15. The van der Waals surface area contributed by atoms with E-state index < -0.39 is 0 Å². The van der Waals surface area contributed by atoms with Crippen LogP contribution in [0.2, 0.25) is 0 Å². The molecule has 2 N–H and O–H groups in total. The van der Waals surface area contributed by atoms with Crippen molar-refractivity contribution in [1.29, 1.82) is 0 Å². The highest BCUT2D eigenvalue weighted by Gasteiger charge is 2.06. The van der Waals surface area contributed by atoms with Crippen molar-refractivity contribution in [3.63, 3.8) is 0 Å². The smallest absolute Gasteiger partial charge is 0.119 e. The molecule has 2 heteroatoms. The van der Waals surface area contributed by atoms with Gasteiger partial charge in [-0.15, -0.1) is 0 Å².